The molecule has 100 valence electrons. The lowest BCUT2D eigenvalue weighted by Crippen LogP contribution is -2.57. The van der Waals surface area contributed by atoms with Crippen molar-refractivity contribution in [2.75, 3.05) is 24.3 Å². The van der Waals surface area contributed by atoms with E-state index in [9.17, 15) is 0 Å². The number of nitrogens with one attached hydrogen (secondary N) is 2. The maximum Gasteiger partial charge on any atom is 0.224 e. The van der Waals surface area contributed by atoms with E-state index in [1.165, 1.54) is 0 Å². The van der Waals surface area contributed by atoms with Crippen molar-refractivity contribution in [3.63, 3.8) is 0 Å². The second kappa shape index (κ2) is 5.10. The van der Waals surface area contributed by atoms with Crippen LogP contribution in [0.4, 0.5) is 11.8 Å². The zero-order valence-corrected chi connectivity index (χ0v) is 11.5. The third-order valence-corrected chi connectivity index (χ3v) is 3.77. The lowest BCUT2D eigenvalue weighted by atomic mass is 9.64. The zero-order valence-electron chi connectivity index (χ0n) is 11.5. The van der Waals surface area contributed by atoms with Gasteiger partial charge in [0.25, 0.3) is 0 Å². The van der Waals surface area contributed by atoms with Gasteiger partial charge in [0.05, 0.1) is 6.10 Å². The van der Waals surface area contributed by atoms with Gasteiger partial charge in [-0.3, -0.25) is 0 Å². The van der Waals surface area contributed by atoms with Crippen LogP contribution in [0.2, 0.25) is 0 Å². The lowest BCUT2D eigenvalue weighted by Gasteiger charge is -2.51. The standard InChI is InChI=1S/C13H22N4O/c1-5-14-12-15-7-6-11(17-12)16-9-8-10(18-4)13(9,2)3/h6-7,9-10H,5,8H2,1-4H3,(H2,14,15,16,17). The summed E-state index contributed by atoms with van der Waals surface area (Å²) in [6.45, 7) is 7.29. The van der Waals surface area contributed by atoms with E-state index in [4.69, 9.17) is 4.74 Å². The molecule has 1 aromatic rings. The number of methoxy groups -OCH3 is 1. The highest BCUT2D eigenvalue weighted by atomic mass is 16.5. The summed E-state index contributed by atoms with van der Waals surface area (Å²) in [5.74, 6) is 1.54. The van der Waals surface area contributed by atoms with Gasteiger partial charge in [-0.1, -0.05) is 13.8 Å². The lowest BCUT2D eigenvalue weighted by molar-refractivity contribution is -0.0795. The maximum absolute atomic E-state index is 5.45. The molecule has 2 rings (SSSR count). The van der Waals surface area contributed by atoms with Gasteiger partial charge >= 0.3 is 0 Å². The van der Waals surface area contributed by atoms with E-state index in [2.05, 4.69) is 34.4 Å². The van der Waals surface area contributed by atoms with E-state index in [1.54, 1.807) is 13.3 Å². The molecule has 2 unspecified atom stereocenters. The molecule has 1 heterocycles. The van der Waals surface area contributed by atoms with Crippen molar-refractivity contribution in [1.29, 1.82) is 0 Å². The monoisotopic (exact) mass is 250 g/mol. The van der Waals surface area contributed by atoms with Crippen LogP contribution in [-0.2, 0) is 4.74 Å². The summed E-state index contributed by atoms with van der Waals surface area (Å²) in [7, 11) is 1.77. The molecule has 1 aliphatic carbocycles. The number of anilines is 2. The maximum atomic E-state index is 5.45. The van der Waals surface area contributed by atoms with Crippen LogP contribution >= 0.6 is 0 Å². The van der Waals surface area contributed by atoms with Crippen LogP contribution in [0.5, 0.6) is 0 Å². The van der Waals surface area contributed by atoms with Crippen molar-refractivity contribution < 1.29 is 4.74 Å². The smallest absolute Gasteiger partial charge is 0.224 e. The zero-order chi connectivity index (χ0) is 13.2. The van der Waals surface area contributed by atoms with Crippen molar-refractivity contribution in [1.82, 2.24) is 9.97 Å². The van der Waals surface area contributed by atoms with Gasteiger partial charge in [0.2, 0.25) is 5.95 Å². The molecule has 0 bridgehead atoms. The average molecular weight is 250 g/mol. The highest BCUT2D eigenvalue weighted by Gasteiger charge is 2.48. The predicted molar refractivity (Wildman–Crippen MR) is 72.8 cm³/mol. The summed E-state index contributed by atoms with van der Waals surface area (Å²) in [5, 5.41) is 6.57. The topological polar surface area (TPSA) is 59.1 Å². The molecule has 1 aliphatic rings. The molecule has 0 amide bonds. The molecule has 2 atom stereocenters. The molecule has 5 heteroatoms. The summed E-state index contributed by atoms with van der Waals surface area (Å²) in [5.41, 5.74) is 0.137. The van der Waals surface area contributed by atoms with E-state index >= 15 is 0 Å². The van der Waals surface area contributed by atoms with Crippen LogP contribution in [0.1, 0.15) is 27.2 Å². The highest BCUT2D eigenvalue weighted by molar-refractivity contribution is 5.41. The predicted octanol–water partition coefficient (Wildman–Crippen LogP) is 2.13. The average Bonchev–Trinajstić information content (AvgIpc) is 2.35. The number of hydrogen-bond acceptors (Lipinski definition) is 5. The summed E-state index contributed by atoms with van der Waals surface area (Å²) in [6, 6.07) is 2.30. The third-order valence-electron chi connectivity index (χ3n) is 3.77. The third kappa shape index (κ3) is 2.41. The van der Waals surface area contributed by atoms with Crippen LogP contribution in [0.3, 0.4) is 0 Å². The molecule has 0 radical (unpaired) electrons. The van der Waals surface area contributed by atoms with Crippen LogP contribution in [0.15, 0.2) is 12.3 Å². The summed E-state index contributed by atoms with van der Waals surface area (Å²) < 4.78 is 5.45. The van der Waals surface area contributed by atoms with Crippen molar-refractivity contribution in [2.45, 2.75) is 39.3 Å². The van der Waals surface area contributed by atoms with Crippen LogP contribution in [0.25, 0.3) is 0 Å². The minimum absolute atomic E-state index is 0.137. The summed E-state index contributed by atoms with van der Waals surface area (Å²) in [4.78, 5) is 8.59. The minimum Gasteiger partial charge on any atom is -0.381 e. The Hall–Kier alpha value is -1.36. The number of rotatable bonds is 5. The Morgan fingerprint density at radius 2 is 2.28 bits per heavy atom. The van der Waals surface area contributed by atoms with Crippen LogP contribution < -0.4 is 10.6 Å². The molecule has 5 nitrogen and oxygen atoms in total. The quantitative estimate of drug-likeness (QED) is 0.838. The molecule has 2 N–H and O–H groups in total. The number of hydrogen-bond donors (Lipinski definition) is 2. The summed E-state index contributed by atoms with van der Waals surface area (Å²) >= 11 is 0. The Bertz CT molecular complexity index is 408. The Morgan fingerprint density at radius 1 is 1.50 bits per heavy atom. The molecule has 1 saturated carbocycles. The van der Waals surface area contributed by atoms with Gasteiger partial charge in [0, 0.05) is 31.3 Å². The molecule has 0 aromatic carbocycles. The fourth-order valence-electron chi connectivity index (χ4n) is 2.39. The molecule has 1 fully saturated rings. The Kier molecular flexibility index (Phi) is 3.71. The normalized spacial score (nSPS) is 25.3. The second-order valence-corrected chi connectivity index (χ2v) is 5.27. The molecule has 0 spiro atoms. The Morgan fingerprint density at radius 3 is 2.89 bits per heavy atom. The number of aromatic nitrogens is 2. The van der Waals surface area contributed by atoms with E-state index in [0.717, 1.165) is 18.8 Å². The van der Waals surface area contributed by atoms with Crippen LogP contribution in [-0.4, -0.2) is 35.8 Å². The first kappa shape index (κ1) is 13.1. The van der Waals surface area contributed by atoms with Gasteiger partial charge in [-0.05, 0) is 19.4 Å². The van der Waals surface area contributed by atoms with Crippen molar-refractivity contribution in [2.24, 2.45) is 5.41 Å². The summed E-state index contributed by atoms with van der Waals surface area (Å²) in [6.07, 6.45) is 3.11. The van der Waals surface area contributed by atoms with Gasteiger partial charge in [0.15, 0.2) is 0 Å². The van der Waals surface area contributed by atoms with Gasteiger partial charge in [0.1, 0.15) is 5.82 Å². The molecular formula is C13H22N4O. The van der Waals surface area contributed by atoms with E-state index in [-0.39, 0.29) is 5.41 Å². The first-order valence-electron chi connectivity index (χ1n) is 6.44. The molecule has 18 heavy (non-hydrogen) atoms. The largest absolute Gasteiger partial charge is 0.381 e. The SMILES string of the molecule is CCNc1nccc(NC2CC(OC)C2(C)C)n1. The Balaban J connectivity index is 2.00. The fraction of sp³-hybridized carbons (Fsp3) is 0.692. The molecular weight excluding hydrogens is 228 g/mol. The minimum atomic E-state index is 0.137. The van der Waals surface area contributed by atoms with E-state index in [1.807, 2.05) is 13.0 Å². The van der Waals surface area contributed by atoms with Crippen LogP contribution in [0, 0.1) is 5.41 Å². The fourth-order valence-corrected chi connectivity index (χ4v) is 2.39. The van der Waals surface area contributed by atoms with Gasteiger partial charge in [-0.2, -0.15) is 4.98 Å². The van der Waals surface area contributed by atoms with Gasteiger partial charge < -0.3 is 15.4 Å². The highest BCUT2D eigenvalue weighted by Crippen LogP contribution is 2.43. The Labute approximate surface area is 108 Å². The molecule has 0 aliphatic heterocycles. The van der Waals surface area contributed by atoms with Crippen molar-refractivity contribution >= 4 is 11.8 Å². The molecule has 0 saturated heterocycles. The van der Waals surface area contributed by atoms with E-state index in [0.29, 0.717) is 18.1 Å². The van der Waals surface area contributed by atoms with Gasteiger partial charge in [-0.15, -0.1) is 0 Å². The number of ether oxygens (including phenoxy) is 1. The first-order chi connectivity index (χ1) is 8.57. The van der Waals surface area contributed by atoms with Crippen molar-refractivity contribution in [3.05, 3.63) is 12.3 Å². The van der Waals surface area contributed by atoms with Gasteiger partial charge in [-0.25, -0.2) is 4.98 Å². The van der Waals surface area contributed by atoms with E-state index < -0.39 is 0 Å². The number of nitrogens with zero attached hydrogens (tertiary/aromatic N) is 2. The molecule has 1 aromatic heterocycles. The first-order valence-corrected chi connectivity index (χ1v) is 6.44. The second-order valence-electron chi connectivity index (χ2n) is 5.27. The van der Waals surface area contributed by atoms with Crippen molar-refractivity contribution in [3.8, 4) is 0 Å².